The molecule has 2 N–H and O–H groups in total. The maximum atomic E-state index is 11.8. The van der Waals surface area contributed by atoms with Gasteiger partial charge in [-0.05, 0) is 32.1 Å². The van der Waals surface area contributed by atoms with Crippen molar-refractivity contribution in [3.63, 3.8) is 0 Å². The number of rotatable bonds is 9. The number of esters is 2. The topological polar surface area (TPSA) is 93.1 Å². The third kappa shape index (κ3) is 6.54. The summed E-state index contributed by atoms with van der Waals surface area (Å²) in [7, 11) is 0. The van der Waals surface area contributed by atoms with Gasteiger partial charge in [0, 0.05) is 17.8 Å². The highest BCUT2D eigenvalue weighted by atomic mass is 16.8. The van der Waals surface area contributed by atoms with E-state index in [1.807, 2.05) is 0 Å². The molecule has 23 heavy (non-hydrogen) atoms. The van der Waals surface area contributed by atoms with E-state index in [1.165, 1.54) is 13.8 Å². The molecule has 0 bridgehead atoms. The van der Waals surface area contributed by atoms with Crippen LogP contribution in [0.2, 0.25) is 0 Å². The molecule has 0 aliphatic heterocycles. The van der Waals surface area contributed by atoms with Crippen molar-refractivity contribution in [2.75, 3.05) is 6.61 Å². The average molecular weight is 328 g/mol. The molecule has 0 radical (unpaired) electrons. The quantitative estimate of drug-likeness (QED) is 0.383. The zero-order valence-electron chi connectivity index (χ0n) is 14.6. The fourth-order valence-corrected chi connectivity index (χ4v) is 1.96. The molecule has 0 spiro atoms. The minimum absolute atomic E-state index is 0.0625. The maximum absolute atomic E-state index is 11.8. The van der Waals surface area contributed by atoms with Crippen molar-refractivity contribution in [3.05, 3.63) is 24.3 Å². The molecule has 0 amide bonds. The summed E-state index contributed by atoms with van der Waals surface area (Å²) in [6.07, 6.45) is 0.289. The van der Waals surface area contributed by atoms with E-state index in [4.69, 9.17) is 9.47 Å². The van der Waals surface area contributed by atoms with Gasteiger partial charge in [-0.3, -0.25) is 0 Å². The van der Waals surface area contributed by atoms with Crippen LogP contribution in [0, 0.1) is 17.8 Å². The van der Waals surface area contributed by atoms with Crippen molar-refractivity contribution in [1.82, 2.24) is 0 Å². The van der Waals surface area contributed by atoms with E-state index in [0.717, 1.165) is 0 Å². The zero-order chi connectivity index (χ0) is 18.4. The lowest BCUT2D eigenvalue weighted by Gasteiger charge is -2.37. The molecule has 0 heterocycles. The first-order valence-electron chi connectivity index (χ1n) is 7.55. The lowest BCUT2D eigenvalue weighted by molar-refractivity contribution is -0.354. The van der Waals surface area contributed by atoms with Crippen LogP contribution in [0.5, 0.6) is 0 Å². The molecule has 2 unspecified atom stereocenters. The Bertz CT molecular complexity index is 438. The van der Waals surface area contributed by atoms with Crippen LogP contribution < -0.4 is 0 Å². The Morgan fingerprint density at radius 1 is 1.04 bits per heavy atom. The third-order valence-electron chi connectivity index (χ3n) is 3.42. The number of hydrogen-bond donors (Lipinski definition) is 2. The molecule has 0 saturated carbocycles. The van der Waals surface area contributed by atoms with Crippen LogP contribution in [0.3, 0.4) is 0 Å². The van der Waals surface area contributed by atoms with Gasteiger partial charge in [0.2, 0.25) is 0 Å². The van der Waals surface area contributed by atoms with Crippen molar-refractivity contribution in [2.45, 2.75) is 47.0 Å². The molecule has 0 aromatic carbocycles. The molecule has 0 fully saturated rings. The predicted molar refractivity (Wildman–Crippen MR) is 86.0 cm³/mol. The van der Waals surface area contributed by atoms with Gasteiger partial charge in [0.15, 0.2) is 0 Å². The van der Waals surface area contributed by atoms with Gasteiger partial charge >= 0.3 is 17.9 Å². The van der Waals surface area contributed by atoms with E-state index in [9.17, 15) is 19.8 Å². The summed E-state index contributed by atoms with van der Waals surface area (Å²) >= 11 is 0. The van der Waals surface area contributed by atoms with Gasteiger partial charge in [-0.25, -0.2) is 9.59 Å². The first kappa shape index (κ1) is 21.3. The van der Waals surface area contributed by atoms with Crippen molar-refractivity contribution >= 4 is 11.9 Å². The Balaban J connectivity index is 5.65. The molecule has 0 aliphatic carbocycles. The average Bonchev–Trinajstić information content (AvgIpc) is 2.43. The summed E-state index contributed by atoms with van der Waals surface area (Å²) in [5.41, 5.74) is 0.125. The van der Waals surface area contributed by atoms with Gasteiger partial charge < -0.3 is 19.7 Å². The first-order chi connectivity index (χ1) is 10.4. The molecule has 6 heteroatoms. The van der Waals surface area contributed by atoms with Crippen LogP contribution >= 0.6 is 0 Å². The van der Waals surface area contributed by atoms with E-state index in [1.54, 1.807) is 20.8 Å². The van der Waals surface area contributed by atoms with Gasteiger partial charge in [-0.2, -0.15) is 0 Å². The number of carbonyl (C=O) groups is 2. The molecule has 2 atom stereocenters. The van der Waals surface area contributed by atoms with Gasteiger partial charge in [-0.1, -0.05) is 33.9 Å². The van der Waals surface area contributed by atoms with Crippen molar-refractivity contribution < 1.29 is 29.3 Å². The smallest absolute Gasteiger partial charge is 0.376 e. The van der Waals surface area contributed by atoms with Crippen LogP contribution in [-0.2, 0) is 19.1 Å². The summed E-state index contributed by atoms with van der Waals surface area (Å²) in [5.74, 6) is -5.29. The van der Waals surface area contributed by atoms with Crippen molar-refractivity contribution in [2.24, 2.45) is 17.8 Å². The molecule has 0 saturated heterocycles. The van der Waals surface area contributed by atoms with Gasteiger partial charge in [0.1, 0.15) is 0 Å². The summed E-state index contributed by atoms with van der Waals surface area (Å²) in [6.45, 7) is 15.0. The van der Waals surface area contributed by atoms with Crippen molar-refractivity contribution in [1.29, 1.82) is 0 Å². The molecule has 0 aliphatic rings. The number of aliphatic hydroxyl groups excluding tert-OH is 1. The Morgan fingerprint density at radius 3 is 1.70 bits per heavy atom. The molecule has 0 rings (SSSR count). The van der Waals surface area contributed by atoms with E-state index in [2.05, 4.69) is 13.2 Å². The first-order valence-corrected chi connectivity index (χ1v) is 7.55. The minimum atomic E-state index is -2.45. The van der Waals surface area contributed by atoms with Gasteiger partial charge in [0.25, 0.3) is 0 Å². The van der Waals surface area contributed by atoms with E-state index < -0.39 is 23.8 Å². The Morgan fingerprint density at radius 2 is 1.43 bits per heavy atom. The Hall–Kier alpha value is -1.66. The summed E-state index contributed by atoms with van der Waals surface area (Å²) in [5, 5.41) is 20.0. The predicted octanol–water partition coefficient (Wildman–Crippen LogP) is 2.16. The summed E-state index contributed by atoms with van der Waals surface area (Å²) in [4.78, 5) is 23.7. The fourth-order valence-electron chi connectivity index (χ4n) is 1.96. The SMILES string of the molecule is C=C(C)C(=O)OC(O)(OC(=O)C(=C)C)C(CC(C)CO)C(C)C. The molecule has 0 aromatic rings. The third-order valence-corrected chi connectivity index (χ3v) is 3.42. The molecular weight excluding hydrogens is 300 g/mol. The second kappa shape index (κ2) is 8.84. The molecule has 6 nitrogen and oxygen atoms in total. The van der Waals surface area contributed by atoms with Crippen molar-refractivity contribution in [3.8, 4) is 0 Å². The molecular formula is C17H28O6. The Kier molecular flexibility index (Phi) is 8.20. The second-order valence-electron chi connectivity index (χ2n) is 6.34. The Labute approximate surface area is 137 Å². The largest absolute Gasteiger partial charge is 0.396 e. The standard InChI is InChI=1S/C17H28O6/c1-10(2)14(8-13(7)9-18)17(21,22-15(19)11(3)4)23-16(20)12(5)6/h10,13-14,18,21H,3,5,8-9H2,1-2,4,6-7H3. The second-order valence-corrected chi connectivity index (χ2v) is 6.34. The summed E-state index contributed by atoms with van der Waals surface area (Å²) < 4.78 is 10.1. The monoisotopic (exact) mass is 328 g/mol. The highest BCUT2D eigenvalue weighted by Crippen LogP contribution is 2.34. The zero-order valence-corrected chi connectivity index (χ0v) is 14.6. The number of ether oxygens (including phenoxy) is 2. The summed E-state index contributed by atoms with van der Waals surface area (Å²) in [6, 6.07) is 0. The van der Waals surface area contributed by atoms with Crippen LogP contribution in [0.15, 0.2) is 24.3 Å². The normalized spacial score (nSPS) is 14.1. The fraction of sp³-hybridized carbons (Fsp3) is 0.647. The van der Waals surface area contributed by atoms with E-state index >= 15 is 0 Å². The van der Waals surface area contributed by atoms with Gasteiger partial charge in [-0.15, -0.1) is 0 Å². The lowest BCUT2D eigenvalue weighted by Crippen LogP contribution is -2.49. The van der Waals surface area contributed by atoms with Crippen LogP contribution in [0.4, 0.5) is 0 Å². The van der Waals surface area contributed by atoms with E-state index in [-0.39, 0.29) is 36.0 Å². The molecule has 0 aromatic heterocycles. The number of aliphatic hydroxyl groups is 2. The van der Waals surface area contributed by atoms with Crippen LogP contribution in [0.25, 0.3) is 0 Å². The number of hydrogen-bond acceptors (Lipinski definition) is 6. The minimum Gasteiger partial charge on any atom is -0.396 e. The maximum Gasteiger partial charge on any atom is 0.376 e. The van der Waals surface area contributed by atoms with Crippen LogP contribution in [-0.4, -0.2) is 34.7 Å². The van der Waals surface area contributed by atoms with Gasteiger partial charge in [0.05, 0.1) is 5.92 Å². The highest BCUT2D eigenvalue weighted by Gasteiger charge is 2.47. The van der Waals surface area contributed by atoms with E-state index in [0.29, 0.717) is 0 Å². The molecule has 132 valence electrons. The number of carbonyl (C=O) groups excluding carboxylic acids is 2. The van der Waals surface area contributed by atoms with Crippen LogP contribution in [0.1, 0.15) is 41.0 Å². The lowest BCUT2D eigenvalue weighted by atomic mass is 9.85. The highest BCUT2D eigenvalue weighted by molar-refractivity contribution is 5.88.